The van der Waals surface area contributed by atoms with Crippen LogP contribution >= 0.6 is 22.6 Å². The van der Waals surface area contributed by atoms with Crippen LogP contribution in [0.25, 0.3) is 0 Å². The topological polar surface area (TPSA) is 38.3 Å². The number of nitrogens with one attached hydrogen (secondary N) is 1. The van der Waals surface area contributed by atoms with Gasteiger partial charge in [-0.2, -0.15) is 0 Å². The predicted molar refractivity (Wildman–Crippen MR) is 160 cm³/mol. The summed E-state index contributed by atoms with van der Waals surface area (Å²) in [6.07, 6.45) is 14.0. The molecule has 1 aromatic rings. The van der Waals surface area contributed by atoms with Gasteiger partial charge >= 0.3 is 0 Å². The minimum Gasteiger partial charge on any atom is -0.487 e. The molecule has 0 saturated carbocycles. The molecule has 3 nitrogen and oxygen atoms in total. The van der Waals surface area contributed by atoms with Gasteiger partial charge in [0, 0.05) is 5.69 Å². The molecule has 0 aliphatic carbocycles. The molecule has 2 rings (SSSR count). The number of carbonyl (C=O) groups is 1. The number of halogens is 1. The molecule has 1 aliphatic rings. The van der Waals surface area contributed by atoms with E-state index in [1.807, 2.05) is 0 Å². The van der Waals surface area contributed by atoms with Gasteiger partial charge in [0.25, 0.3) is 0 Å². The van der Waals surface area contributed by atoms with Gasteiger partial charge < -0.3 is 10.1 Å². The van der Waals surface area contributed by atoms with Crippen LogP contribution in [0.3, 0.4) is 0 Å². The lowest BCUT2D eigenvalue weighted by Gasteiger charge is -2.38. The maximum absolute atomic E-state index is 12.1. The SMILES string of the molecule is Cc1c(C)c2c(c(C)c1NC(=O)CI)CC[C@@](C)(CCC[C@H](C)CCC[C@@H](C)CCCC(C)C)O2. The second-order valence-electron chi connectivity index (χ2n) is 12.1. The van der Waals surface area contributed by atoms with Gasteiger partial charge in [0.2, 0.25) is 5.91 Å². The number of hydrogen-bond donors (Lipinski definition) is 1. The molecule has 4 heteroatoms. The smallest absolute Gasteiger partial charge is 0.234 e. The average Bonchev–Trinajstić information content (AvgIpc) is 2.79. The van der Waals surface area contributed by atoms with Crippen molar-refractivity contribution < 1.29 is 9.53 Å². The molecular weight excluding hydrogens is 545 g/mol. The molecule has 1 aromatic carbocycles. The molecule has 0 spiro atoms. The summed E-state index contributed by atoms with van der Waals surface area (Å²) in [5.41, 5.74) is 5.67. The predicted octanol–water partition coefficient (Wildman–Crippen LogP) is 9.51. The van der Waals surface area contributed by atoms with E-state index >= 15 is 0 Å². The first-order valence-corrected chi connectivity index (χ1v) is 15.7. The van der Waals surface area contributed by atoms with Crippen molar-refractivity contribution in [2.75, 3.05) is 9.74 Å². The first-order valence-electron chi connectivity index (χ1n) is 14.1. The van der Waals surface area contributed by atoms with Crippen molar-refractivity contribution in [1.82, 2.24) is 0 Å². The molecule has 1 amide bonds. The highest BCUT2D eigenvalue weighted by atomic mass is 127. The number of hydrogen-bond acceptors (Lipinski definition) is 2. The van der Waals surface area contributed by atoms with Crippen LogP contribution in [0, 0.1) is 38.5 Å². The lowest BCUT2D eigenvalue weighted by atomic mass is 9.83. The molecule has 0 aromatic heterocycles. The number of anilines is 1. The normalized spacial score (nSPS) is 19.3. The van der Waals surface area contributed by atoms with Crippen LogP contribution in [-0.2, 0) is 11.2 Å². The number of rotatable bonds is 14. The van der Waals surface area contributed by atoms with Crippen LogP contribution < -0.4 is 10.1 Å². The minimum absolute atomic E-state index is 0.0624. The third kappa shape index (κ3) is 9.23. The highest BCUT2D eigenvalue weighted by Crippen LogP contribution is 2.44. The van der Waals surface area contributed by atoms with Gasteiger partial charge in [-0.25, -0.2) is 0 Å². The van der Waals surface area contributed by atoms with E-state index in [1.54, 1.807) is 0 Å². The number of fused-ring (bicyclic) bond motifs is 1. The first-order chi connectivity index (χ1) is 16.5. The Morgan fingerprint density at radius 1 is 0.914 bits per heavy atom. The van der Waals surface area contributed by atoms with Crippen LogP contribution in [-0.4, -0.2) is 15.9 Å². The van der Waals surface area contributed by atoms with Gasteiger partial charge in [-0.3, -0.25) is 4.79 Å². The second-order valence-corrected chi connectivity index (χ2v) is 12.9. The fourth-order valence-corrected chi connectivity index (χ4v) is 5.84. The van der Waals surface area contributed by atoms with Crippen LogP contribution in [0.1, 0.15) is 121 Å². The van der Waals surface area contributed by atoms with Gasteiger partial charge in [0.1, 0.15) is 11.4 Å². The standard InChI is InChI=1S/C31H52INO2/c1-21(2)12-9-13-22(3)14-10-15-23(4)16-11-18-31(8)19-17-27-26(7)29(33-28(34)20-32)24(5)25(6)30(27)35-31/h21-23H,9-20H2,1-8H3,(H,33,34)/t22-,23+,31+/m0/s1. The summed E-state index contributed by atoms with van der Waals surface area (Å²) < 4.78 is 7.20. The first kappa shape index (κ1) is 30.4. The molecule has 0 bridgehead atoms. The molecule has 1 heterocycles. The summed E-state index contributed by atoms with van der Waals surface area (Å²) in [5, 5.41) is 3.12. The van der Waals surface area contributed by atoms with Gasteiger partial charge in [0.05, 0.1) is 4.43 Å². The van der Waals surface area contributed by atoms with Crippen molar-refractivity contribution in [3.05, 3.63) is 22.3 Å². The van der Waals surface area contributed by atoms with E-state index in [1.165, 1.54) is 68.1 Å². The van der Waals surface area contributed by atoms with Crippen LogP contribution in [0.4, 0.5) is 5.69 Å². The molecule has 35 heavy (non-hydrogen) atoms. The summed E-state index contributed by atoms with van der Waals surface area (Å²) >= 11 is 2.12. The Balaban J connectivity index is 1.84. The van der Waals surface area contributed by atoms with E-state index in [0.29, 0.717) is 4.43 Å². The highest BCUT2D eigenvalue weighted by Gasteiger charge is 2.34. The van der Waals surface area contributed by atoms with Crippen LogP contribution in [0.2, 0.25) is 0 Å². The molecule has 0 unspecified atom stereocenters. The van der Waals surface area contributed by atoms with Crippen molar-refractivity contribution in [3.63, 3.8) is 0 Å². The molecule has 0 saturated heterocycles. The van der Waals surface area contributed by atoms with Crippen molar-refractivity contribution >= 4 is 34.2 Å². The molecule has 0 radical (unpaired) electrons. The second kappa shape index (κ2) is 14.2. The van der Waals surface area contributed by atoms with E-state index in [-0.39, 0.29) is 11.5 Å². The van der Waals surface area contributed by atoms with E-state index < -0.39 is 0 Å². The highest BCUT2D eigenvalue weighted by molar-refractivity contribution is 14.1. The van der Waals surface area contributed by atoms with E-state index in [4.69, 9.17) is 4.74 Å². The quantitative estimate of drug-likeness (QED) is 0.171. The van der Waals surface area contributed by atoms with Crippen molar-refractivity contribution in [2.24, 2.45) is 17.8 Å². The van der Waals surface area contributed by atoms with Crippen molar-refractivity contribution in [1.29, 1.82) is 0 Å². The Labute approximate surface area is 230 Å². The zero-order valence-electron chi connectivity index (χ0n) is 23.9. The Morgan fingerprint density at radius 3 is 2.06 bits per heavy atom. The molecular formula is C31H52INO2. The lowest BCUT2D eigenvalue weighted by Crippen LogP contribution is -2.37. The Morgan fingerprint density at radius 2 is 1.49 bits per heavy atom. The number of amides is 1. The van der Waals surface area contributed by atoms with Crippen molar-refractivity contribution in [3.8, 4) is 5.75 Å². The van der Waals surface area contributed by atoms with E-state index in [2.05, 4.69) is 83.3 Å². The monoisotopic (exact) mass is 597 g/mol. The zero-order chi connectivity index (χ0) is 26.2. The Kier molecular flexibility index (Phi) is 12.4. The fourth-order valence-electron chi connectivity index (χ4n) is 5.65. The van der Waals surface area contributed by atoms with Gasteiger partial charge in [-0.05, 0) is 93.4 Å². The lowest BCUT2D eigenvalue weighted by molar-refractivity contribution is -0.113. The van der Waals surface area contributed by atoms with Crippen LogP contribution in [0.5, 0.6) is 5.75 Å². The number of alkyl halides is 1. The number of benzene rings is 1. The maximum Gasteiger partial charge on any atom is 0.234 e. The van der Waals surface area contributed by atoms with Crippen LogP contribution in [0.15, 0.2) is 0 Å². The minimum atomic E-state index is -0.0890. The summed E-state index contributed by atoms with van der Waals surface area (Å²) in [6, 6.07) is 0. The van der Waals surface area contributed by atoms with Gasteiger partial charge in [0.15, 0.2) is 0 Å². The Hall–Kier alpha value is -0.780. The van der Waals surface area contributed by atoms with Gasteiger partial charge in [-0.1, -0.05) is 95.2 Å². The molecule has 3 atom stereocenters. The maximum atomic E-state index is 12.1. The zero-order valence-corrected chi connectivity index (χ0v) is 26.1. The third-order valence-corrected chi connectivity index (χ3v) is 8.99. The summed E-state index contributed by atoms with van der Waals surface area (Å²) in [5.74, 6) is 3.65. The molecule has 0 fully saturated rings. The number of ether oxygens (including phenoxy) is 1. The van der Waals surface area contributed by atoms with Gasteiger partial charge in [-0.15, -0.1) is 0 Å². The Bertz CT molecular complexity index is 834. The fraction of sp³-hybridized carbons (Fsp3) is 0.774. The largest absolute Gasteiger partial charge is 0.487 e. The summed E-state index contributed by atoms with van der Waals surface area (Å²) in [6.45, 7) is 18.2. The number of carbonyl (C=O) groups excluding carboxylic acids is 1. The third-order valence-electron chi connectivity index (χ3n) is 8.29. The summed E-state index contributed by atoms with van der Waals surface area (Å²) in [7, 11) is 0. The summed E-state index contributed by atoms with van der Waals surface area (Å²) in [4.78, 5) is 12.1. The van der Waals surface area contributed by atoms with E-state index in [9.17, 15) is 4.79 Å². The van der Waals surface area contributed by atoms with E-state index in [0.717, 1.165) is 54.0 Å². The molecule has 1 N–H and O–H groups in total. The van der Waals surface area contributed by atoms with Crippen molar-refractivity contribution in [2.45, 2.75) is 132 Å². The molecule has 1 aliphatic heterocycles. The molecule has 200 valence electrons. The average molecular weight is 598 g/mol.